The number of carbonyl (C=O) groups is 1. The summed E-state index contributed by atoms with van der Waals surface area (Å²) in [6, 6.07) is 9.44. The van der Waals surface area contributed by atoms with E-state index in [1.165, 1.54) is 12.1 Å². The van der Waals surface area contributed by atoms with Gasteiger partial charge in [0, 0.05) is 43.7 Å². The number of nitrogens with zero attached hydrogens (tertiary/aromatic N) is 5. The summed E-state index contributed by atoms with van der Waals surface area (Å²) < 4.78 is 10.7. The number of carbonyl (C=O) groups excluding carboxylic acids is 1. The number of hydrogen-bond acceptors (Lipinski definition) is 9. The molecule has 0 atom stereocenters. The number of fused-ring (bicyclic) bond motifs is 1. The molecule has 2 N–H and O–H groups in total. The van der Waals surface area contributed by atoms with Crippen LogP contribution in [-0.4, -0.2) is 66.1 Å². The number of ether oxygens (including phenoxy) is 2. The number of nitro benzene ring substituents is 1. The maximum absolute atomic E-state index is 12.9. The highest BCUT2D eigenvalue weighted by Gasteiger charge is 2.28. The summed E-state index contributed by atoms with van der Waals surface area (Å²) in [7, 11) is 3.09. The van der Waals surface area contributed by atoms with Gasteiger partial charge in [-0.3, -0.25) is 14.9 Å². The van der Waals surface area contributed by atoms with E-state index in [9.17, 15) is 14.9 Å². The summed E-state index contributed by atoms with van der Waals surface area (Å²) in [5.74, 6) is 1.45. The van der Waals surface area contributed by atoms with Crippen molar-refractivity contribution in [2.75, 3.05) is 51.0 Å². The van der Waals surface area contributed by atoms with E-state index in [1.807, 2.05) is 4.90 Å². The third-order valence-corrected chi connectivity index (χ3v) is 5.40. The van der Waals surface area contributed by atoms with Crippen LogP contribution < -0.4 is 20.1 Å². The first-order valence-electron chi connectivity index (χ1n) is 9.89. The number of nitrogen functional groups attached to an aromatic ring is 1. The minimum absolute atomic E-state index is 0.0817. The molecule has 11 nitrogen and oxygen atoms in total. The first-order chi connectivity index (χ1) is 15.4. The molecule has 1 saturated heterocycles. The molecule has 0 bridgehead atoms. The van der Waals surface area contributed by atoms with E-state index >= 15 is 0 Å². The van der Waals surface area contributed by atoms with E-state index in [-0.39, 0.29) is 17.2 Å². The number of methoxy groups -OCH3 is 2. The molecule has 1 aliphatic rings. The molecule has 0 radical (unpaired) electrons. The van der Waals surface area contributed by atoms with Crippen molar-refractivity contribution in [1.29, 1.82) is 0 Å². The van der Waals surface area contributed by atoms with E-state index in [2.05, 4.69) is 9.97 Å². The van der Waals surface area contributed by atoms with Crippen LogP contribution in [-0.2, 0) is 0 Å². The Kier molecular flexibility index (Phi) is 5.63. The van der Waals surface area contributed by atoms with Gasteiger partial charge in [0.25, 0.3) is 11.6 Å². The SMILES string of the molecule is COc1cc2nc(N3CCN(C(=O)c4ccccc4[N+](=O)[O-])CC3)nc(N)c2cc1OC. The number of hydrogen-bond donors (Lipinski definition) is 1. The second-order valence-electron chi connectivity index (χ2n) is 7.19. The van der Waals surface area contributed by atoms with Gasteiger partial charge in [-0.05, 0) is 12.1 Å². The number of nitrogens with two attached hydrogens (primary N) is 1. The lowest BCUT2D eigenvalue weighted by Gasteiger charge is -2.34. The summed E-state index contributed by atoms with van der Waals surface area (Å²) >= 11 is 0. The molecule has 0 saturated carbocycles. The molecule has 2 heterocycles. The Balaban J connectivity index is 1.54. The van der Waals surface area contributed by atoms with Crippen molar-refractivity contribution in [2.45, 2.75) is 0 Å². The lowest BCUT2D eigenvalue weighted by molar-refractivity contribution is -0.385. The van der Waals surface area contributed by atoms with Crippen LogP contribution in [0.3, 0.4) is 0 Å². The molecule has 11 heteroatoms. The standard InChI is InChI=1S/C21H22N6O5/c1-31-17-11-14-15(12-18(17)32-2)23-21(24-19(14)22)26-9-7-25(8-10-26)20(28)13-5-3-4-6-16(13)27(29)30/h3-6,11-12H,7-10H2,1-2H3,(H2,22,23,24). The molecule has 4 rings (SSSR count). The molecule has 1 fully saturated rings. The molecule has 0 aliphatic carbocycles. The van der Waals surface area contributed by atoms with Gasteiger partial charge in [-0.1, -0.05) is 12.1 Å². The fourth-order valence-electron chi connectivity index (χ4n) is 3.70. The Bertz CT molecular complexity index is 1190. The fourth-order valence-corrected chi connectivity index (χ4v) is 3.70. The van der Waals surface area contributed by atoms with Crippen molar-refractivity contribution >= 4 is 34.3 Å². The number of amides is 1. The zero-order valence-electron chi connectivity index (χ0n) is 17.6. The van der Waals surface area contributed by atoms with Crippen molar-refractivity contribution in [3.05, 3.63) is 52.1 Å². The second kappa shape index (κ2) is 8.53. The van der Waals surface area contributed by atoms with Gasteiger partial charge >= 0.3 is 0 Å². The molecule has 0 spiro atoms. The second-order valence-corrected chi connectivity index (χ2v) is 7.19. The third kappa shape index (κ3) is 3.80. The van der Waals surface area contributed by atoms with Crippen LogP contribution in [0.5, 0.6) is 11.5 Å². The Labute approximate surface area is 183 Å². The molecule has 3 aromatic rings. The molecule has 1 amide bonds. The summed E-state index contributed by atoms with van der Waals surface area (Å²) in [6.45, 7) is 1.67. The topological polar surface area (TPSA) is 137 Å². The Morgan fingerprint density at radius 3 is 2.38 bits per heavy atom. The normalized spacial score (nSPS) is 13.8. The molecule has 166 valence electrons. The van der Waals surface area contributed by atoms with Gasteiger partial charge in [-0.25, -0.2) is 4.98 Å². The highest BCUT2D eigenvalue weighted by Crippen LogP contribution is 2.34. The predicted octanol–water partition coefficient (Wildman–Crippen LogP) is 2.10. The first kappa shape index (κ1) is 21.1. The van der Waals surface area contributed by atoms with E-state index in [1.54, 1.807) is 43.4 Å². The molecular weight excluding hydrogens is 416 g/mol. The maximum Gasteiger partial charge on any atom is 0.282 e. The highest BCUT2D eigenvalue weighted by atomic mass is 16.6. The van der Waals surface area contributed by atoms with Crippen molar-refractivity contribution in [2.24, 2.45) is 0 Å². The van der Waals surface area contributed by atoms with Gasteiger partial charge in [0.1, 0.15) is 11.4 Å². The maximum atomic E-state index is 12.9. The van der Waals surface area contributed by atoms with Gasteiger partial charge in [-0.15, -0.1) is 0 Å². The van der Waals surface area contributed by atoms with E-state index < -0.39 is 4.92 Å². The number of para-hydroxylation sites is 1. The molecular formula is C21H22N6O5. The van der Waals surface area contributed by atoms with Crippen LogP contribution in [0.25, 0.3) is 10.9 Å². The highest BCUT2D eigenvalue weighted by molar-refractivity contribution is 5.98. The monoisotopic (exact) mass is 438 g/mol. The van der Waals surface area contributed by atoms with E-state index in [0.29, 0.717) is 60.3 Å². The Hall–Kier alpha value is -4.15. The number of benzene rings is 2. The van der Waals surface area contributed by atoms with Gasteiger partial charge in [-0.2, -0.15) is 4.98 Å². The number of nitro groups is 1. The number of aromatic nitrogens is 2. The summed E-state index contributed by atoms with van der Waals surface area (Å²) in [6.07, 6.45) is 0. The number of anilines is 2. The van der Waals surface area contributed by atoms with Gasteiger partial charge < -0.3 is 25.0 Å². The van der Waals surface area contributed by atoms with Crippen LogP contribution in [0.4, 0.5) is 17.5 Å². The Morgan fingerprint density at radius 1 is 1.06 bits per heavy atom. The summed E-state index contributed by atoms with van der Waals surface area (Å²) in [5, 5.41) is 11.9. The quantitative estimate of drug-likeness (QED) is 0.469. The predicted molar refractivity (Wildman–Crippen MR) is 118 cm³/mol. The van der Waals surface area contributed by atoms with Gasteiger partial charge in [0.2, 0.25) is 5.95 Å². The van der Waals surface area contributed by atoms with Crippen LogP contribution >= 0.6 is 0 Å². The number of rotatable bonds is 5. The molecule has 1 aromatic heterocycles. The summed E-state index contributed by atoms with van der Waals surface area (Å²) in [4.78, 5) is 36.1. The molecule has 2 aromatic carbocycles. The van der Waals surface area contributed by atoms with Gasteiger partial charge in [0.05, 0.1) is 24.7 Å². The molecule has 32 heavy (non-hydrogen) atoms. The van der Waals surface area contributed by atoms with Crippen LogP contribution in [0.2, 0.25) is 0 Å². The minimum Gasteiger partial charge on any atom is -0.493 e. The van der Waals surface area contributed by atoms with Crippen molar-refractivity contribution in [3.8, 4) is 11.5 Å². The van der Waals surface area contributed by atoms with Gasteiger partial charge in [0.15, 0.2) is 11.5 Å². The average Bonchev–Trinajstić information content (AvgIpc) is 2.82. The van der Waals surface area contributed by atoms with E-state index in [4.69, 9.17) is 15.2 Å². The summed E-state index contributed by atoms with van der Waals surface area (Å²) in [5.41, 5.74) is 6.67. The van der Waals surface area contributed by atoms with Crippen LogP contribution in [0.15, 0.2) is 36.4 Å². The minimum atomic E-state index is -0.543. The van der Waals surface area contributed by atoms with Crippen LogP contribution in [0, 0.1) is 10.1 Å². The van der Waals surface area contributed by atoms with Crippen LogP contribution in [0.1, 0.15) is 10.4 Å². The van der Waals surface area contributed by atoms with E-state index in [0.717, 1.165) is 0 Å². The fraction of sp³-hybridized carbons (Fsp3) is 0.286. The first-order valence-corrected chi connectivity index (χ1v) is 9.89. The zero-order chi connectivity index (χ0) is 22.8. The largest absolute Gasteiger partial charge is 0.493 e. The van der Waals surface area contributed by atoms with Crippen molar-refractivity contribution in [1.82, 2.24) is 14.9 Å². The van der Waals surface area contributed by atoms with Crippen molar-refractivity contribution in [3.63, 3.8) is 0 Å². The Morgan fingerprint density at radius 2 is 1.72 bits per heavy atom. The molecule has 0 unspecified atom stereocenters. The smallest absolute Gasteiger partial charge is 0.282 e. The lowest BCUT2D eigenvalue weighted by Crippen LogP contribution is -2.49. The average molecular weight is 438 g/mol. The molecule has 1 aliphatic heterocycles. The number of piperazine rings is 1. The van der Waals surface area contributed by atoms with Crippen molar-refractivity contribution < 1.29 is 19.2 Å². The lowest BCUT2D eigenvalue weighted by atomic mass is 10.1. The third-order valence-electron chi connectivity index (χ3n) is 5.40. The zero-order valence-corrected chi connectivity index (χ0v) is 17.6.